The number of hydrogen-bond acceptors (Lipinski definition) is 2. The highest BCUT2D eigenvalue weighted by Gasteiger charge is 2.02. The summed E-state index contributed by atoms with van der Waals surface area (Å²) in [5.41, 5.74) is 0.905. The molecule has 2 N–H and O–H groups in total. The second-order valence-electron chi connectivity index (χ2n) is 2.28. The van der Waals surface area contributed by atoms with Crippen molar-refractivity contribution < 1.29 is 10.2 Å². The van der Waals surface area contributed by atoms with Crippen molar-refractivity contribution in [2.45, 2.75) is 12.7 Å². The summed E-state index contributed by atoms with van der Waals surface area (Å²) in [6.45, 7) is 0. The lowest BCUT2D eigenvalue weighted by molar-refractivity contribution is -0.0382. The van der Waals surface area contributed by atoms with Crippen molar-refractivity contribution in [2.75, 3.05) is 0 Å². The van der Waals surface area contributed by atoms with Crippen LogP contribution < -0.4 is 0 Å². The molecule has 0 bridgehead atoms. The molecule has 0 heterocycles. The number of hydrogen-bond donors (Lipinski definition) is 2. The van der Waals surface area contributed by atoms with E-state index in [1.807, 2.05) is 24.3 Å². The molecule has 60 valence electrons. The van der Waals surface area contributed by atoms with Crippen LogP contribution in [-0.4, -0.2) is 16.5 Å². The van der Waals surface area contributed by atoms with Gasteiger partial charge in [-0.3, -0.25) is 0 Å². The second kappa shape index (κ2) is 3.85. The summed E-state index contributed by atoms with van der Waals surface area (Å²) < 4.78 is 0.910. The van der Waals surface area contributed by atoms with Crippen LogP contribution in [-0.2, 0) is 6.42 Å². The first-order chi connectivity index (χ1) is 5.20. The Morgan fingerprint density at radius 3 is 2.45 bits per heavy atom. The molecule has 0 saturated carbocycles. The summed E-state index contributed by atoms with van der Waals surface area (Å²) in [7, 11) is 0. The summed E-state index contributed by atoms with van der Waals surface area (Å²) in [6, 6.07) is 7.47. The minimum absolute atomic E-state index is 0.265. The van der Waals surface area contributed by atoms with Crippen molar-refractivity contribution in [1.82, 2.24) is 0 Å². The van der Waals surface area contributed by atoms with Crippen LogP contribution in [0.15, 0.2) is 28.7 Å². The molecule has 2 nitrogen and oxygen atoms in total. The van der Waals surface area contributed by atoms with E-state index < -0.39 is 6.29 Å². The van der Waals surface area contributed by atoms with Crippen LogP contribution in [0.25, 0.3) is 0 Å². The summed E-state index contributed by atoms with van der Waals surface area (Å²) >= 11 is 3.30. The van der Waals surface area contributed by atoms with Crippen molar-refractivity contribution >= 4 is 15.9 Å². The zero-order valence-electron chi connectivity index (χ0n) is 5.87. The summed E-state index contributed by atoms with van der Waals surface area (Å²) in [4.78, 5) is 0. The molecule has 0 aromatic heterocycles. The van der Waals surface area contributed by atoms with Crippen molar-refractivity contribution in [3.63, 3.8) is 0 Å². The lowest BCUT2D eigenvalue weighted by Crippen LogP contribution is -2.08. The van der Waals surface area contributed by atoms with E-state index in [1.54, 1.807) is 0 Å². The first-order valence-electron chi connectivity index (χ1n) is 3.29. The van der Waals surface area contributed by atoms with E-state index in [2.05, 4.69) is 15.9 Å². The third-order valence-corrected chi connectivity index (χ3v) is 2.13. The van der Waals surface area contributed by atoms with Gasteiger partial charge in [0.1, 0.15) is 0 Å². The number of aliphatic hydroxyl groups excluding tert-OH is 1. The first-order valence-corrected chi connectivity index (χ1v) is 4.09. The Kier molecular flexibility index (Phi) is 3.05. The van der Waals surface area contributed by atoms with E-state index in [0.29, 0.717) is 0 Å². The lowest BCUT2D eigenvalue weighted by atomic mass is 10.1. The molecule has 0 aliphatic carbocycles. The van der Waals surface area contributed by atoms with Crippen molar-refractivity contribution in [3.8, 4) is 0 Å². The molecule has 1 aromatic carbocycles. The van der Waals surface area contributed by atoms with Crippen LogP contribution >= 0.6 is 15.9 Å². The number of rotatable bonds is 2. The SMILES string of the molecule is OC(O)Cc1ccccc1Br. The van der Waals surface area contributed by atoms with Crippen LogP contribution in [0.3, 0.4) is 0 Å². The Balaban J connectivity index is 2.78. The maximum Gasteiger partial charge on any atom is 0.155 e. The van der Waals surface area contributed by atoms with Crippen molar-refractivity contribution in [3.05, 3.63) is 34.3 Å². The smallest absolute Gasteiger partial charge is 0.155 e. The second-order valence-corrected chi connectivity index (χ2v) is 3.13. The van der Waals surface area contributed by atoms with Gasteiger partial charge in [-0.2, -0.15) is 0 Å². The predicted octanol–water partition coefficient (Wildman–Crippen LogP) is 1.30. The van der Waals surface area contributed by atoms with Gasteiger partial charge in [-0.05, 0) is 11.6 Å². The van der Waals surface area contributed by atoms with E-state index in [-0.39, 0.29) is 6.42 Å². The van der Waals surface area contributed by atoms with Gasteiger partial charge < -0.3 is 10.2 Å². The van der Waals surface area contributed by atoms with E-state index >= 15 is 0 Å². The Hall–Kier alpha value is -0.380. The Morgan fingerprint density at radius 1 is 1.27 bits per heavy atom. The van der Waals surface area contributed by atoms with Crippen LogP contribution in [0.2, 0.25) is 0 Å². The molecule has 1 aromatic rings. The number of benzene rings is 1. The Bertz CT molecular complexity index is 235. The number of aliphatic hydroxyl groups is 2. The maximum absolute atomic E-state index is 8.66. The summed E-state index contributed by atoms with van der Waals surface area (Å²) in [5.74, 6) is 0. The topological polar surface area (TPSA) is 40.5 Å². The predicted molar refractivity (Wildman–Crippen MR) is 46.1 cm³/mol. The number of halogens is 1. The van der Waals surface area contributed by atoms with Crippen LogP contribution in [0, 0.1) is 0 Å². The van der Waals surface area contributed by atoms with E-state index in [4.69, 9.17) is 10.2 Å². The molecule has 0 spiro atoms. The molecule has 0 saturated heterocycles. The third kappa shape index (κ3) is 2.61. The average Bonchev–Trinajstić information content (AvgIpc) is 1.93. The zero-order chi connectivity index (χ0) is 8.27. The molecule has 0 fully saturated rings. The van der Waals surface area contributed by atoms with Crippen LogP contribution in [0.1, 0.15) is 5.56 Å². The fourth-order valence-corrected chi connectivity index (χ4v) is 1.31. The minimum Gasteiger partial charge on any atom is -0.368 e. The largest absolute Gasteiger partial charge is 0.368 e. The van der Waals surface area contributed by atoms with E-state index in [1.165, 1.54) is 0 Å². The van der Waals surface area contributed by atoms with Crippen LogP contribution in [0.5, 0.6) is 0 Å². The standard InChI is InChI=1S/C8H9BrO2/c9-7-4-2-1-3-6(7)5-8(10)11/h1-4,8,10-11H,5H2. The molecular formula is C8H9BrO2. The van der Waals surface area contributed by atoms with Gasteiger partial charge in [-0.1, -0.05) is 34.1 Å². The minimum atomic E-state index is -1.27. The zero-order valence-corrected chi connectivity index (χ0v) is 7.45. The Morgan fingerprint density at radius 2 is 1.91 bits per heavy atom. The molecule has 3 heteroatoms. The fourth-order valence-electron chi connectivity index (χ4n) is 0.861. The van der Waals surface area contributed by atoms with Gasteiger partial charge >= 0.3 is 0 Å². The van der Waals surface area contributed by atoms with Gasteiger partial charge in [0.25, 0.3) is 0 Å². The summed E-state index contributed by atoms with van der Waals surface area (Å²) in [5, 5.41) is 17.3. The quantitative estimate of drug-likeness (QED) is 0.733. The first kappa shape index (κ1) is 8.71. The molecule has 0 aliphatic rings. The van der Waals surface area contributed by atoms with Gasteiger partial charge in [0, 0.05) is 10.9 Å². The Labute approximate surface area is 73.6 Å². The average molecular weight is 217 g/mol. The normalized spacial score (nSPS) is 10.5. The highest BCUT2D eigenvalue weighted by molar-refractivity contribution is 9.10. The highest BCUT2D eigenvalue weighted by Crippen LogP contribution is 2.16. The van der Waals surface area contributed by atoms with E-state index in [0.717, 1.165) is 10.0 Å². The molecular weight excluding hydrogens is 208 g/mol. The molecule has 0 amide bonds. The van der Waals surface area contributed by atoms with Crippen molar-refractivity contribution in [2.24, 2.45) is 0 Å². The summed E-state index contributed by atoms with van der Waals surface area (Å²) in [6.07, 6.45) is -1.00. The van der Waals surface area contributed by atoms with Gasteiger partial charge in [-0.25, -0.2) is 0 Å². The maximum atomic E-state index is 8.66. The van der Waals surface area contributed by atoms with Gasteiger partial charge in [0.15, 0.2) is 6.29 Å². The lowest BCUT2D eigenvalue weighted by Gasteiger charge is -2.04. The van der Waals surface area contributed by atoms with Gasteiger partial charge in [0.2, 0.25) is 0 Å². The highest BCUT2D eigenvalue weighted by atomic mass is 79.9. The van der Waals surface area contributed by atoms with Gasteiger partial charge in [-0.15, -0.1) is 0 Å². The molecule has 1 rings (SSSR count). The monoisotopic (exact) mass is 216 g/mol. The van der Waals surface area contributed by atoms with Crippen LogP contribution in [0.4, 0.5) is 0 Å². The third-order valence-electron chi connectivity index (χ3n) is 1.36. The molecule has 0 radical (unpaired) electrons. The molecule has 0 unspecified atom stereocenters. The van der Waals surface area contributed by atoms with Gasteiger partial charge in [0.05, 0.1) is 0 Å². The molecule has 11 heavy (non-hydrogen) atoms. The van der Waals surface area contributed by atoms with E-state index in [9.17, 15) is 0 Å². The fraction of sp³-hybridized carbons (Fsp3) is 0.250. The van der Waals surface area contributed by atoms with Crippen molar-refractivity contribution in [1.29, 1.82) is 0 Å². The molecule has 0 aliphatic heterocycles. The molecule has 0 atom stereocenters.